The second-order valence-electron chi connectivity index (χ2n) is 13.8. The van der Waals surface area contributed by atoms with Gasteiger partial charge in [-0.2, -0.15) is 5.26 Å². The van der Waals surface area contributed by atoms with Gasteiger partial charge in [0.2, 0.25) is 0 Å². The lowest BCUT2D eigenvalue weighted by molar-refractivity contribution is 1.07. The Hall–Kier alpha value is -7.81. The Kier molecular flexibility index (Phi) is 8.13. The van der Waals surface area contributed by atoms with Crippen LogP contribution in [0.5, 0.6) is 0 Å². The fourth-order valence-corrected chi connectivity index (χ4v) is 7.75. The number of aromatic nitrogens is 4. The summed E-state index contributed by atoms with van der Waals surface area (Å²) in [7, 11) is 0. The van der Waals surface area contributed by atoms with E-state index in [0.717, 1.165) is 54.7 Å². The maximum Gasteiger partial charge on any atom is 0.164 e. The highest BCUT2D eigenvalue weighted by Crippen LogP contribution is 2.37. The van der Waals surface area contributed by atoms with Crippen LogP contribution in [0.3, 0.4) is 0 Å². The van der Waals surface area contributed by atoms with Gasteiger partial charge in [0.15, 0.2) is 17.5 Å². The summed E-state index contributed by atoms with van der Waals surface area (Å²) in [5.41, 5.74) is 5.20. The molecule has 0 radical (unpaired) electrons. The molecule has 10 aromatic rings. The summed E-state index contributed by atoms with van der Waals surface area (Å²) in [6.45, 7) is 0. The van der Waals surface area contributed by atoms with Crippen molar-refractivity contribution in [3.8, 4) is 51.4 Å². The molecule has 0 fully saturated rings. The number of rotatable bonds is 4. The van der Waals surface area contributed by atoms with Crippen LogP contribution in [0, 0.1) is 11.3 Å². The highest BCUT2D eigenvalue weighted by atomic mass is 15.0. The summed E-state index contributed by atoms with van der Waals surface area (Å²) in [6, 6.07) is 63.1. The summed E-state index contributed by atoms with van der Waals surface area (Å²) in [4.78, 5) is 19.5. The van der Waals surface area contributed by atoms with Crippen LogP contribution in [0.25, 0.3) is 99.2 Å². The average molecular weight is 714 g/mol. The number of benzene rings is 7. The molecule has 0 aliphatic carbocycles. The van der Waals surface area contributed by atoms with Gasteiger partial charge in [0.1, 0.15) is 0 Å². The van der Waals surface area contributed by atoms with E-state index in [-0.39, 0.29) is 0 Å². The van der Waals surface area contributed by atoms with Crippen molar-refractivity contribution < 1.29 is 0 Å². The lowest BCUT2D eigenvalue weighted by Gasteiger charge is -2.12. The molecule has 0 bridgehead atoms. The summed E-state index contributed by atoms with van der Waals surface area (Å²) in [5, 5.41) is 21.1. The van der Waals surface area contributed by atoms with Crippen LogP contribution in [0.15, 0.2) is 188 Å². The molecule has 2 heterocycles. The van der Waals surface area contributed by atoms with Crippen molar-refractivity contribution in [2.45, 2.75) is 0 Å². The minimum atomic E-state index is 0.530. The van der Waals surface area contributed by atoms with E-state index in [4.69, 9.17) is 15.0 Å². The first-order valence-corrected chi connectivity index (χ1v) is 18.5. The van der Waals surface area contributed by atoms with Gasteiger partial charge in [-0.25, -0.2) is 15.0 Å². The second kappa shape index (κ2) is 13.9. The van der Waals surface area contributed by atoms with Crippen molar-refractivity contribution in [1.29, 1.82) is 5.26 Å². The lowest BCUT2D eigenvalue weighted by Crippen LogP contribution is -2.00. The zero-order valence-corrected chi connectivity index (χ0v) is 30.1. The molecule has 0 aliphatic heterocycles. The SMILES string of the molecule is N#Cc1ccc(-c2nc(-c3ccc(-c4cccnc4)cc3)nc(-c3ccc4c5ccccc5c5ccccc5c5ccccc5c5ccccc5c4c3)n2)cc1. The van der Waals surface area contributed by atoms with Crippen LogP contribution in [-0.4, -0.2) is 19.9 Å². The first-order chi connectivity index (χ1) is 27.7. The normalized spacial score (nSPS) is 11.2. The number of pyridine rings is 1. The Morgan fingerprint density at radius 2 is 0.696 bits per heavy atom. The van der Waals surface area contributed by atoms with Crippen LogP contribution in [0.1, 0.15) is 5.56 Å². The number of hydrogen-bond acceptors (Lipinski definition) is 5. The molecule has 0 unspecified atom stereocenters. The van der Waals surface area contributed by atoms with Gasteiger partial charge in [-0.15, -0.1) is 0 Å². The Bertz CT molecular complexity index is 3160. The van der Waals surface area contributed by atoms with Gasteiger partial charge in [-0.05, 0) is 101 Å². The van der Waals surface area contributed by atoms with Crippen LogP contribution in [0.2, 0.25) is 0 Å². The minimum Gasteiger partial charge on any atom is -0.264 e. The highest BCUT2D eigenvalue weighted by Gasteiger charge is 2.15. The smallest absolute Gasteiger partial charge is 0.164 e. The zero-order valence-electron chi connectivity index (χ0n) is 30.1. The van der Waals surface area contributed by atoms with E-state index in [1.165, 1.54) is 26.9 Å². The first kappa shape index (κ1) is 32.8. The molecule has 10 rings (SSSR count). The topological polar surface area (TPSA) is 75.3 Å². The molecule has 0 aliphatic rings. The van der Waals surface area contributed by atoms with Crippen LogP contribution in [-0.2, 0) is 0 Å². The third-order valence-corrected chi connectivity index (χ3v) is 10.5. The van der Waals surface area contributed by atoms with E-state index in [2.05, 4.69) is 138 Å². The molecule has 8 aromatic carbocycles. The van der Waals surface area contributed by atoms with E-state index in [1.807, 2.05) is 42.6 Å². The first-order valence-electron chi connectivity index (χ1n) is 18.5. The van der Waals surface area contributed by atoms with Crippen LogP contribution >= 0.6 is 0 Å². The molecule has 0 amide bonds. The van der Waals surface area contributed by atoms with Crippen molar-refractivity contribution in [1.82, 2.24) is 19.9 Å². The fraction of sp³-hybridized carbons (Fsp3) is 0. The van der Waals surface area contributed by atoms with Gasteiger partial charge in [0, 0.05) is 29.1 Å². The monoisotopic (exact) mass is 713 g/mol. The average Bonchev–Trinajstić information content (AvgIpc) is 3.29. The third kappa shape index (κ3) is 5.83. The predicted octanol–water partition coefficient (Wildman–Crippen LogP) is 12.7. The molecule has 0 saturated heterocycles. The molecule has 0 saturated carbocycles. The Labute approximate surface area is 323 Å². The molecule has 260 valence electrons. The Balaban J connectivity index is 1.27. The summed E-state index contributed by atoms with van der Waals surface area (Å²) in [5.74, 6) is 1.65. The van der Waals surface area contributed by atoms with Gasteiger partial charge in [0.25, 0.3) is 0 Å². The van der Waals surface area contributed by atoms with Gasteiger partial charge < -0.3 is 0 Å². The van der Waals surface area contributed by atoms with Crippen molar-refractivity contribution in [3.05, 3.63) is 194 Å². The fourth-order valence-electron chi connectivity index (χ4n) is 7.75. The molecule has 0 atom stereocenters. The zero-order chi connectivity index (χ0) is 37.4. The predicted molar refractivity (Wildman–Crippen MR) is 229 cm³/mol. The third-order valence-electron chi connectivity index (χ3n) is 10.5. The van der Waals surface area contributed by atoms with Crippen molar-refractivity contribution in [3.63, 3.8) is 0 Å². The van der Waals surface area contributed by atoms with Gasteiger partial charge in [-0.1, -0.05) is 140 Å². The quantitative estimate of drug-likeness (QED) is 0.181. The highest BCUT2D eigenvalue weighted by molar-refractivity contribution is 6.26. The molecular weight excluding hydrogens is 683 g/mol. The van der Waals surface area contributed by atoms with E-state index < -0.39 is 0 Å². The number of fused-ring (bicyclic) bond motifs is 10. The largest absolute Gasteiger partial charge is 0.264 e. The Morgan fingerprint density at radius 1 is 0.321 bits per heavy atom. The summed E-state index contributed by atoms with van der Waals surface area (Å²) < 4.78 is 0. The molecular formula is C51H31N5. The van der Waals surface area contributed by atoms with E-state index in [9.17, 15) is 5.26 Å². The van der Waals surface area contributed by atoms with Crippen molar-refractivity contribution in [2.75, 3.05) is 0 Å². The standard InChI is InChI=1S/C51H31N5/c52-31-33-19-21-35(22-20-33)49-54-50(36-25-23-34(24-26-36)38-10-9-29-53-32-38)56-51(55-49)37-27-28-47-45-17-6-5-15-43(45)41-13-2-1-11-39(41)40-12-3-4-14-42(40)44-16-7-8-18-46(44)48(47)30-37/h1-30,32H. The van der Waals surface area contributed by atoms with Crippen LogP contribution < -0.4 is 0 Å². The molecule has 56 heavy (non-hydrogen) atoms. The summed E-state index contributed by atoms with van der Waals surface area (Å²) in [6.07, 6.45) is 3.63. The number of nitriles is 1. The maximum absolute atomic E-state index is 9.50. The molecule has 5 heteroatoms. The van der Waals surface area contributed by atoms with E-state index >= 15 is 0 Å². The van der Waals surface area contributed by atoms with E-state index in [0.29, 0.717) is 23.0 Å². The molecule has 2 aromatic heterocycles. The number of nitrogens with zero attached hydrogens (tertiary/aromatic N) is 5. The summed E-state index contributed by atoms with van der Waals surface area (Å²) >= 11 is 0. The molecule has 0 spiro atoms. The van der Waals surface area contributed by atoms with E-state index in [1.54, 1.807) is 18.3 Å². The Morgan fingerprint density at radius 3 is 1.12 bits per heavy atom. The second-order valence-corrected chi connectivity index (χ2v) is 13.8. The minimum absolute atomic E-state index is 0.530. The molecule has 0 N–H and O–H groups in total. The van der Waals surface area contributed by atoms with Gasteiger partial charge in [-0.3, -0.25) is 4.98 Å². The number of hydrogen-bond donors (Lipinski definition) is 0. The maximum atomic E-state index is 9.50. The lowest BCUT2D eigenvalue weighted by atomic mass is 9.94. The van der Waals surface area contributed by atoms with Crippen LogP contribution in [0.4, 0.5) is 0 Å². The molecule has 5 nitrogen and oxygen atoms in total. The van der Waals surface area contributed by atoms with Gasteiger partial charge in [0.05, 0.1) is 11.6 Å². The van der Waals surface area contributed by atoms with Crippen molar-refractivity contribution in [2.24, 2.45) is 0 Å². The van der Waals surface area contributed by atoms with Crippen molar-refractivity contribution >= 4 is 53.9 Å². The van der Waals surface area contributed by atoms with Gasteiger partial charge >= 0.3 is 0 Å².